The third kappa shape index (κ3) is 6.46. The second kappa shape index (κ2) is 11.3. The molecule has 0 bridgehead atoms. The monoisotopic (exact) mass is 535 g/mol. The van der Waals surface area contributed by atoms with E-state index in [4.69, 9.17) is 0 Å². The number of anilines is 1. The number of nitrogens with one attached hydrogen (secondary N) is 1. The van der Waals surface area contributed by atoms with Gasteiger partial charge < -0.3 is 5.32 Å². The molecule has 6 nitrogen and oxygen atoms in total. The van der Waals surface area contributed by atoms with Crippen molar-refractivity contribution in [1.82, 2.24) is 19.9 Å². The Morgan fingerprint density at radius 2 is 1.62 bits per heavy atom. The number of hydrogen-bond donors (Lipinski definition) is 1. The summed E-state index contributed by atoms with van der Waals surface area (Å²) in [7, 11) is 0. The first-order chi connectivity index (χ1) is 18.8. The van der Waals surface area contributed by atoms with Crippen LogP contribution in [0.15, 0.2) is 79.4 Å². The molecule has 1 amide bonds. The molecule has 1 saturated heterocycles. The highest BCUT2D eigenvalue weighted by molar-refractivity contribution is 6.04. The Morgan fingerprint density at radius 1 is 0.949 bits per heavy atom. The van der Waals surface area contributed by atoms with Crippen LogP contribution in [-0.2, 0) is 12.7 Å². The topological polar surface area (TPSA) is 71.0 Å². The Kier molecular flexibility index (Phi) is 7.65. The fourth-order valence-corrected chi connectivity index (χ4v) is 4.77. The maximum Gasteiger partial charge on any atom is 0.416 e. The van der Waals surface area contributed by atoms with Crippen molar-refractivity contribution < 1.29 is 22.4 Å². The van der Waals surface area contributed by atoms with Crippen molar-refractivity contribution in [2.75, 3.05) is 18.4 Å². The molecule has 5 rings (SSSR count). The van der Waals surface area contributed by atoms with E-state index in [-0.39, 0.29) is 5.92 Å². The highest BCUT2D eigenvalue weighted by Gasteiger charge is 2.33. The predicted molar refractivity (Wildman–Crippen MR) is 138 cm³/mol. The maximum atomic E-state index is 13.5. The van der Waals surface area contributed by atoms with E-state index in [9.17, 15) is 22.4 Å². The first-order valence-corrected chi connectivity index (χ1v) is 12.5. The van der Waals surface area contributed by atoms with Gasteiger partial charge in [-0.2, -0.15) is 13.2 Å². The molecule has 3 heterocycles. The Morgan fingerprint density at radius 3 is 2.26 bits per heavy atom. The van der Waals surface area contributed by atoms with Crippen LogP contribution in [0.5, 0.6) is 0 Å². The second-order valence-corrected chi connectivity index (χ2v) is 9.46. The number of amides is 1. The number of carbonyl (C=O) groups is 1. The van der Waals surface area contributed by atoms with Gasteiger partial charge in [0, 0.05) is 35.8 Å². The number of likely N-dealkylation sites (tertiary alicyclic amines) is 1. The summed E-state index contributed by atoms with van der Waals surface area (Å²) in [5, 5.41) is 2.80. The number of pyridine rings is 1. The largest absolute Gasteiger partial charge is 0.416 e. The molecular formula is C29H25F4N5O. The maximum absolute atomic E-state index is 13.5. The molecule has 1 aliphatic heterocycles. The predicted octanol–water partition coefficient (Wildman–Crippen LogP) is 6.33. The van der Waals surface area contributed by atoms with Gasteiger partial charge in [0.1, 0.15) is 0 Å². The fraction of sp³-hybridized carbons (Fsp3) is 0.241. The molecule has 10 heteroatoms. The average molecular weight is 536 g/mol. The third-order valence-corrected chi connectivity index (χ3v) is 6.84. The van der Waals surface area contributed by atoms with Crippen molar-refractivity contribution >= 4 is 11.6 Å². The minimum atomic E-state index is -4.48. The normalized spacial score (nSPS) is 14.8. The number of alkyl halides is 3. The van der Waals surface area contributed by atoms with Crippen molar-refractivity contribution in [3.05, 3.63) is 107 Å². The van der Waals surface area contributed by atoms with Crippen LogP contribution in [0.4, 0.5) is 23.2 Å². The number of aromatic nitrogens is 3. The van der Waals surface area contributed by atoms with Gasteiger partial charge in [-0.05, 0) is 73.3 Å². The number of halogens is 4. The molecule has 1 aliphatic rings. The smallest absolute Gasteiger partial charge is 0.322 e. The van der Waals surface area contributed by atoms with Gasteiger partial charge in [-0.3, -0.25) is 14.7 Å². The highest BCUT2D eigenvalue weighted by Crippen LogP contribution is 2.38. The Balaban J connectivity index is 1.26. The Bertz CT molecular complexity index is 1420. The van der Waals surface area contributed by atoms with Gasteiger partial charge in [-0.15, -0.1) is 0 Å². The van der Waals surface area contributed by atoms with Gasteiger partial charge in [-0.1, -0.05) is 24.3 Å². The summed E-state index contributed by atoms with van der Waals surface area (Å²) >= 11 is 0. The molecule has 0 spiro atoms. The van der Waals surface area contributed by atoms with Crippen molar-refractivity contribution in [2.45, 2.75) is 31.5 Å². The van der Waals surface area contributed by atoms with Crippen LogP contribution in [0.3, 0.4) is 0 Å². The summed E-state index contributed by atoms with van der Waals surface area (Å²) in [5.41, 5.74) is 2.39. The van der Waals surface area contributed by atoms with Crippen LogP contribution in [-0.4, -0.2) is 38.8 Å². The number of hydrogen-bond acceptors (Lipinski definition) is 5. The number of rotatable bonds is 6. The fourth-order valence-electron chi connectivity index (χ4n) is 4.77. The van der Waals surface area contributed by atoms with Gasteiger partial charge in [0.15, 0.2) is 11.6 Å². The van der Waals surface area contributed by atoms with Gasteiger partial charge in [0.05, 0.1) is 18.0 Å². The van der Waals surface area contributed by atoms with E-state index < -0.39 is 23.5 Å². The number of carbonyl (C=O) groups excluding carboxylic acids is 1. The standard InChI is InChI=1S/C29H25F4N5O/c30-24-16-35-27(36-17-24)21-3-1-19(2-4-21)18-38-13-9-20(10-14-38)25-15-23(29(31,32)33)5-6-26(25)37-28(39)22-7-11-34-12-8-22/h1-8,11-12,15-17,20H,9-10,13-14,18H2,(H,37,39). The van der Waals surface area contributed by atoms with Crippen molar-refractivity contribution in [3.8, 4) is 11.4 Å². The van der Waals surface area contributed by atoms with Gasteiger partial charge in [0.2, 0.25) is 0 Å². The number of nitrogens with zero attached hydrogens (tertiary/aromatic N) is 4. The molecule has 0 unspecified atom stereocenters. The van der Waals surface area contributed by atoms with E-state index in [0.29, 0.717) is 55.1 Å². The first kappa shape index (κ1) is 26.4. The Labute approximate surface area is 222 Å². The first-order valence-electron chi connectivity index (χ1n) is 12.5. The minimum Gasteiger partial charge on any atom is -0.322 e. The van der Waals surface area contributed by atoms with E-state index in [0.717, 1.165) is 29.6 Å². The van der Waals surface area contributed by atoms with Crippen LogP contribution in [0.2, 0.25) is 0 Å². The lowest BCUT2D eigenvalue weighted by molar-refractivity contribution is -0.137. The lowest BCUT2D eigenvalue weighted by Crippen LogP contribution is -2.32. The van der Waals surface area contributed by atoms with Crippen LogP contribution in [0, 0.1) is 5.82 Å². The van der Waals surface area contributed by atoms with Crippen LogP contribution in [0.1, 0.15) is 45.8 Å². The quantitative estimate of drug-likeness (QED) is 0.292. The summed E-state index contributed by atoms with van der Waals surface area (Å²) < 4.78 is 53.7. The van der Waals surface area contributed by atoms with Crippen LogP contribution < -0.4 is 5.32 Å². The summed E-state index contributed by atoms with van der Waals surface area (Å²) in [6.07, 6.45) is 2.06. The molecule has 0 saturated carbocycles. The Hall–Kier alpha value is -4.18. The van der Waals surface area contributed by atoms with Crippen molar-refractivity contribution in [1.29, 1.82) is 0 Å². The van der Waals surface area contributed by atoms with Crippen LogP contribution in [0.25, 0.3) is 11.4 Å². The molecule has 200 valence electrons. The molecule has 39 heavy (non-hydrogen) atoms. The number of piperidine rings is 1. The molecule has 1 N–H and O–H groups in total. The molecule has 2 aromatic heterocycles. The highest BCUT2D eigenvalue weighted by atomic mass is 19.4. The summed E-state index contributed by atoms with van der Waals surface area (Å²) in [6.45, 7) is 2.08. The SMILES string of the molecule is O=C(Nc1ccc(C(F)(F)F)cc1C1CCN(Cc2ccc(-c3ncc(F)cn3)cc2)CC1)c1ccncc1. The molecule has 4 aromatic rings. The molecule has 2 aromatic carbocycles. The van der Waals surface area contributed by atoms with Gasteiger partial charge in [-0.25, -0.2) is 14.4 Å². The zero-order valence-corrected chi connectivity index (χ0v) is 20.8. The van der Waals surface area contributed by atoms with Gasteiger partial charge in [0.25, 0.3) is 5.91 Å². The van der Waals surface area contributed by atoms with Crippen LogP contribution >= 0.6 is 0 Å². The summed E-state index contributed by atoms with van der Waals surface area (Å²) in [5.74, 6) is -0.580. The molecule has 0 atom stereocenters. The second-order valence-electron chi connectivity index (χ2n) is 9.46. The van der Waals surface area contributed by atoms with Gasteiger partial charge >= 0.3 is 6.18 Å². The van der Waals surface area contributed by atoms with Crippen molar-refractivity contribution in [3.63, 3.8) is 0 Å². The zero-order valence-electron chi connectivity index (χ0n) is 20.8. The minimum absolute atomic E-state index is 0.130. The van der Waals surface area contributed by atoms with E-state index in [1.807, 2.05) is 24.3 Å². The lowest BCUT2D eigenvalue weighted by atomic mass is 9.87. The number of benzene rings is 2. The van der Waals surface area contributed by atoms with E-state index in [1.54, 1.807) is 12.1 Å². The molecule has 0 radical (unpaired) electrons. The molecule has 0 aliphatic carbocycles. The van der Waals surface area contributed by atoms with E-state index >= 15 is 0 Å². The van der Waals surface area contributed by atoms with Crippen molar-refractivity contribution in [2.24, 2.45) is 0 Å². The zero-order chi connectivity index (χ0) is 27.4. The summed E-state index contributed by atoms with van der Waals surface area (Å²) in [6, 6.07) is 14.3. The third-order valence-electron chi connectivity index (χ3n) is 6.84. The van der Waals surface area contributed by atoms with E-state index in [1.165, 1.54) is 24.5 Å². The average Bonchev–Trinajstić information content (AvgIpc) is 2.94. The molecule has 1 fully saturated rings. The molecular weight excluding hydrogens is 510 g/mol. The van der Waals surface area contributed by atoms with E-state index in [2.05, 4.69) is 25.2 Å². The summed E-state index contributed by atoms with van der Waals surface area (Å²) in [4.78, 5) is 26.9. The lowest BCUT2D eigenvalue weighted by Gasteiger charge is -2.33.